The van der Waals surface area contributed by atoms with Crippen molar-refractivity contribution in [1.82, 2.24) is 14.8 Å². The lowest BCUT2D eigenvalue weighted by atomic mass is 10.4. The van der Waals surface area contributed by atoms with Gasteiger partial charge in [0, 0.05) is 43.9 Å². The molecule has 0 saturated carbocycles. The van der Waals surface area contributed by atoms with Gasteiger partial charge < -0.3 is 10.6 Å². The van der Waals surface area contributed by atoms with Crippen molar-refractivity contribution in [3.05, 3.63) is 49.2 Å². The summed E-state index contributed by atoms with van der Waals surface area (Å²) in [5.74, 6) is -0.0759. The lowest BCUT2D eigenvalue weighted by Crippen LogP contribution is -2.04. The normalized spacial score (nSPS) is 8.71. The molecule has 2 rings (SSSR count). The molecule has 0 aliphatic heterocycles. The monoisotopic (exact) mass is 289 g/mol. The van der Waals surface area contributed by atoms with Gasteiger partial charge in [-0.1, -0.05) is 14.0 Å². The third-order valence-electron chi connectivity index (χ3n) is 2.06. The first kappa shape index (κ1) is 18.4. The van der Waals surface area contributed by atoms with Crippen LogP contribution in [-0.2, 0) is 11.8 Å². The molecule has 0 aliphatic carbocycles. The lowest BCUT2D eigenvalue weighted by molar-refractivity contribution is -0.114. The Hall–Kier alpha value is -2.63. The van der Waals surface area contributed by atoms with Crippen molar-refractivity contribution >= 4 is 17.3 Å². The van der Waals surface area contributed by atoms with Gasteiger partial charge >= 0.3 is 0 Å². The van der Waals surface area contributed by atoms with E-state index >= 15 is 0 Å². The van der Waals surface area contributed by atoms with Gasteiger partial charge in [0.05, 0.1) is 11.9 Å². The van der Waals surface area contributed by atoms with Gasteiger partial charge in [-0.15, -0.1) is 0 Å². The van der Waals surface area contributed by atoms with Gasteiger partial charge in [0.1, 0.15) is 0 Å². The highest BCUT2D eigenvalue weighted by Crippen LogP contribution is 2.05. The molecular formula is C15H23N5O. The summed E-state index contributed by atoms with van der Waals surface area (Å²) >= 11 is 0. The lowest BCUT2D eigenvalue weighted by Gasteiger charge is -2.02. The highest BCUT2D eigenvalue weighted by molar-refractivity contribution is 5.88. The standard InChI is InChI=1S/C8H10N2.C6H9N3O.CH4/c1-7(2)10-8-3-5-9-6-4-8;1-5(10)8-6-3-7-9(2)4-6;/h3-6H,1H2,2H3,(H,9,10);3-4H,1-2H3,(H,8,10);1H4. The first-order valence-corrected chi connectivity index (χ1v) is 6.06. The number of anilines is 2. The van der Waals surface area contributed by atoms with Crippen LogP contribution < -0.4 is 10.6 Å². The van der Waals surface area contributed by atoms with Crippen LogP contribution in [0.2, 0.25) is 0 Å². The Balaban J connectivity index is 0.000000364. The largest absolute Gasteiger partial charge is 0.360 e. The van der Waals surface area contributed by atoms with Gasteiger partial charge in [-0.2, -0.15) is 5.10 Å². The second-order valence-electron chi connectivity index (χ2n) is 4.23. The molecule has 0 radical (unpaired) electrons. The van der Waals surface area contributed by atoms with Crippen molar-refractivity contribution < 1.29 is 4.79 Å². The van der Waals surface area contributed by atoms with Crippen LogP contribution in [0.5, 0.6) is 0 Å². The maximum Gasteiger partial charge on any atom is 0.221 e. The molecule has 1 amide bonds. The minimum Gasteiger partial charge on any atom is -0.360 e. The minimum atomic E-state index is -0.0759. The van der Waals surface area contributed by atoms with Gasteiger partial charge in [-0.25, -0.2) is 0 Å². The summed E-state index contributed by atoms with van der Waals surface area (Å²) in [6.45, 7) is 7.10. The van der Waals surface area contributed by atoms with Crippen molar-refractivity contribution in [3.63, 3.8) is 0 Å². The van der Waals surface area contributed by atoms with E-state index in [-0.39, 0.29) is 13.3 Å². The number of aryl methyl sites for hydroxylation is 1. The Morgan fingerprint density at radius 2 is 1.81 bits per heavy atom. The SMILES string of the molecule is C.C=C(C)Nc1ccncc1.CC(=O)Nc1cnn(C)c1. The van der Waals surface area contributed by atoms with E-state index in [2.05, 4.69) is 27.3 Å². The molecule has 6 heteroatoms. The molecule has 0 unspecified atom stereocenters. The van der Waals surface area contributed by atoms with Crippen LogP contribution in [-0.4, -0.2) is 20.7 Å². The zero-order chi connectivity index (χ0) is 15.0. The number of aromatic nitrogens is 3. The number of carbonyl (C=O) groups is 1. The number of hydrogen-bond acceptors (Lipinski definition) is 4. The number of nitrogens with one attached hydrogen (secondary N) is 2. The third-order valence-corrected chi connectivity index (χ3v) is 2.06. The highest BCUT2D eigenvalue weighted by atomic mass is 16.1. The molecule has 0 aliphatic rings. The molecule has 2 aromatic rings. The van der Waals surface area contributed by atoms with Gasteiger partial charge in [0.15, 0.2) is 0 Å². The number of nitrogens with zero attached hydrogens (tertiary/aromatic N) is 3. The van der Waals surface area contributed by atoms with E-state index in [1.165, 1.54) is 6.92 Å². The average Bonchev–Trinajstić information content (AvgIpc) is 2.75. The van der Waals surface area contributed by atoms with Gasteiger partial charge in [-0.3, -0.25) is 14.5 Å². The van der Waals surface area contributed by atoms with Crippen molar-refractivity contribution in [2.75, 3.05) is 10.6 Å². The average molecular weight is 289 g/mol. The summed E-state index contributed by atoms with van der Waals surface area (Å²) in [5.41, 5.74) is 2.70. The Kier molecular flexibility index (Phi) is 8.14. The fourth-order valence-corrected chi connectivity index (χ4v) is 1.37. The molecule has 0 atom stereocenters. The zero-order valence-electron chi connectivity index (χ0n) is 11.9. The van der Waals surface area contributed by atoms with Crippen LogP contribution in [0.3, 0.4) is 0 Å². The number of hydrogen-bond donors (Lipinski definition) is 2. The van der Waals surface area contributed by atoms with Crippen molar-refractivity contribution in [2.24, 2.45) is 7.05 Å². The summed E-state index contributed by atoms with van der Waals surface area (Å²) in [6, 6.07) is 3.80. The Bertz CT molecular complexity index is 562. The topological polar surface area (TPSA) is 71.8 Å². The van der Waals surface area contributed by atoms with Gasteiger partial charge in [0.2, 0.25) is 5.91 Å². The fraction of sp³-hybridized carbons (Fsp3) is 0.267. The van der Waals surface area contributed by atoms with E-state index in [4.69, 9.17) is 0 Å². The number of rotatable bonds is 3. The Morgan fingerprint density at radius 1 is 1.19 bits per heavy atom. The third kappa shape index (κ3) is 8.20. The van der Waals surface area contributed by atoms with Crippen molar-refractivity contribution in [3.8, 4) is 0 Å². The number of amides is 1. The Morgan fingerprint density at radius 3 is 2.24 bits per heavy atom. The van der Waals surface area contributed by atoms with Crippen LogP contribution in [0, 0.1) is 0 Å². The molecule has 0 bridgehead atoms. The molecule has 0 aromatic carbocycles. The molecule has 114 valence electrons. The van der Waals surface area contributed by atoms with Crippen LogP contribution in [0.1, 0.15) is 21.3 Å². The predicted molar refractivity (Wildman–Crippen MR) is 86.9 cm³/mol. The van der Waals surface area contributed by atoms with Gasteiger partial charge in [-0.05, 0) is 19.1 Å². The van der Waals surface area contributed by atoms with E-state index in [0.29, 0.717) is 0 Å². The quantitative estimate of drug-likeness (QED) is 0.911. The van der Waals surface area contributed by atoms with E-state index < -0.39 is 0 Å². The molecule has 6 nitrogen and oxygen atoms in total. The predicted octanol–water partition coefficient (Wildman–Crippen LogP) is 3.04. The summed E-state index contributed by atoms with van der Waals surface area (Å²) in [4.78, 5) is 14.4. The zero-order valence-corrected chi connectivity index (χ0v) is 11.9. The van der Waals surface area contributed by atoms with Crippen molar-refractivity contribution in [2.45, 2.75) is 21.3 Å². The molecule has 2 heterocycles. The maximum atomic E-state index is 10.5. The van der Waals surface area contributed by atoms with Crippen LogP contribution in [0.15, 0.2) is 49.2 Å². The molecule has 2 N–H and O–H groups in total. The van der Waals surface area contributed by atoms with E-state index in [9.17, 15) is 4.79 Å². The van der Waals surface area contributed by atoms with E-state index in [1.54, 1.807) is 36.5 Å². The summed E-state index contributed by atoms with van der Waals surface area (Å²) in [7, 11) is 1.80. The molecular weight excluding hydrogens is 266 g/mol. The molecule has 0 spiro atoms. The molecule has 21 heavy (non-hydrogen) atoms. The van der Waals surface area contributed by atoms with Gasteiger partial charge in [0.25, 0.3) is 0 Å². The molecule has 0 fully saturated rings. The minimum absolute atomic E-state index is 0. The number of allylic oxidation sites excluding steroid dienone is 1. The van der Waals surface area contributed by atoms with E-state index in [1.807, 2.05) is 19.1 Å². The summed E-state index contributed by atoms with van der Waals surface area (Å²) in [5, 5.41) is 9.55. The van der Waals surface area contributed by atoms with Crippen molar-refractivity contribution in [1.29, 1.82) is 0 Å². The smallest absolute Gasteiger partial charge is 0.221 e. The molecule has 0 saturated heterocycles. The highest BCUT2D eigenvalue weighted by Gasteiger charge is 1.95. The van der Waals surface area contributed by atoms with Crippen LogP contribution in [0.4, 0.5) is 11.4 Å². The van der Waals surface area contributed by atoms with E-state index in [0.717, 1.165) is 17.1 Å². The summed E-state index contributed by atoms with van der Waals surface area (Å²) in [6.07, 6.45) is 6.82. The fourth-order valence-electron chi connectivity index (χ4n) is 1.37. The second-order valence-corrected chi connectivity index (χ2v) is 4.23. The first-order chi connectivity index (χ1) is 9.47. The Labute approximate surface area is 125 Å². The summed E-state index contributed by atoms with van der Waals surface area (Å²) < 4.78 is 1.63. The number of carbonyl (C=O) groups excluding carboxylic acids is 1. The first-order valence-electron chi connectivity index (χ1n) is 6.06. The van der Waals surface area contributed by atoms with Crippen LogP contribution >= 0.6 is 0 Å². The van der Waals surface area contributed by atoms with Crippen LogP contribution in [0.25, 0.3) is 0 Å². The second kappa shape index (κ2) is 9.30. The number of pyridine rings is 1. The maximum absolute atomic E-state index is 10.5. The molecule has 2 aromatic heterocycles.